The van der Waals surface area contributed by atoms with Crippen LogP contribution in [-0.4, -0.2) is 35.4 Å². The van der Waals surface area contributed by atoms with E-state index in [1.807, 2.05) is 18.2 Å². The molecule has 0 bridgehead atoms. The molecule has 2 aromatic rings. The third-order valence-corrected chi connectivity index (χ3v) is 4.81. The highest BCUT2D eigenvalue weighted by Gasteiger charge is 2.29. The summed E-state index contributed by atoms with van der Waals surface area (Å²) in [4.78, 5) is 25.9. The van der Waals surface area contributed by atoms with E-state index in [0.717, 1.165) is 28.6 Å². The molecule has 0 saturated carbocycles. The lowest BCUT2D eigenvalue weighted by molar-refractivity contribution is 0.0727. The highest BCUT2D eigenvalue weighted by Crippen LogP contribution is 2.22. The van der Waals surface area contributed by atoms with Crippen molar-refractivity contribution < 1.29 is 19.3 Å². The van der Waals surface area contributed by atoms with Crippen molar-refractivity contribution in [2.45, 2.75) is 19.6 Å². The number of rotatable bonds is 3. The monoisotopic (exact) mass is 336 g/mol. The van der Waals surface area contributed by atoms with Gasteiger partial charge in [-0.3, -0.25) is 9.59 Å². The molecular formula is C18H17BN2O4. The van der Waals surface area contributed by atoms with Gasteiger partial charge in [0.2, 0.25) is 5.91 Å². The molecule has 0 atom stereocenters. The highest BCUT2D eigenvalue weighted by atomic mass is 16.5. The first-order valence-corrected chi connectivity index (χ1v) is 8.16. The molecule has 0 aromatic heterocycles. The molecule has 0 spiro atoms. The predicted molar refractivity (Wildman–Crippen MR) is 92.2 cm³/mol. The normalized spacial score (nSPS) is 16.0. The Balaban J connectivity index is 1.59. The molecule has 2 amide bonds. The van der Waals surface area contributed by atoms with Crippen molar-refractivity contribution in [1.29, 1.82) is 0 Å². The van der Waals surface area contributed by atoms with Crippen molar-refractivity contribution in [3.05, 3.63) is 64.2 Å². The topological polar surface area (TPSA) is 92.9 Å². The summed E-state index contributed by atoms with van der Waals surface area (Å²) < 4.78 is 5.20. The Bertz CT molecular complexity index is 883. The molecule has 25 heavy (non-hydrogen) atoms. The lowest BCUT2D eigenvalue weighted by atomic mass is 9.79. The molecule has 4 rings (SSSR count). The Morgan fingerprint density at radius 3 is 2.84 bits per heavy atom. The van der Waals surface area contributed by atoms with Crippen LogP contribution >= 0.6 is 0 Å². The molecule has 0 radical (unpaired) electrons. The van der Waals surface area contributed by atoms with Crippen molar-refractivity contribution in [3.63, 3.8) is 0 Å². The number of fused-ring (bicyclic) bond motifs is 2. The van der Waals surface area contributed by atoms with E-state index in [4.69, 9.17) is 10.4 Å². The number of primary amides is 1. The fourth-order valence-electron chi connectivity index (χ4n) is 3.41. The third kappa shape index (κ3) is 2.81. The van der Waals surface area contributed by atoms with Crippen LogP contribution in [0.1, 0.15) is 37.4 Å². The first-order chi connectivity index (χ1) is 12.0. The molecule has 0 saturated heterocycles. The molecule has 3 N–H and O–H groups in total. The summed E-state index contributed by atoms with van der Waals surface area (Å²) in [7, 11) is -0.897. The van der Waals surface area contributed by atoms with Crippen LogP contribution in [-0.2, 0) is 24.2 Å². The maximum Gasteiger partial charge on any atom is 0.491 e. The molecule has 0 aliphatic carbocycles. The number of hydrogen-bond acceptors (Lipinski definition) is 4. The zero-order valence-electron chi connectivity index (χ0n) is 13.6. The Morgan fingerprint density at radius 1 is 1.24 bits per heavy atom. The summed E-state index contributed by atoms with van der Waals surface area (Å²) >= 11 is 0. The molecule has 2 heterocycles. The van der Waals surface area contributed by atoms with Crippen molar-refractivity contribution in [1.82, 2.24) is 4.90 Å². The lowest BCUT2D eigenvalue weighted by Crippen LogP contribution is -2.37. The van der Waals surface area contributed by atoms with Gasteiger partial charge in [-0.25, -0.2) is 0 Å². The molecule has 0 fully saturated rings. The van der Waals surface area contributed by atoms with Gasteiger partial charge in [0.25, 0.3) is 5.91 Å². The van der Waals surface area contributed by atoms with Gasteiger partial charge in [-0.15, -0.1) is 0 Å². The van der Waals surface area contributed by atoms with Crippen molar-refractivity contribution in [2.75, 3.05) is 6.54 Å². The second-order valence-corrected chi connectivity index (χ2v) is 6.41. The predicted octanol–water partition coefficient (Wildman–Crippen LogP) is 0.202. The van der Waals surface area contributed by atoms with Crippen LogP contribution in [0.5, 0.6) is 0 Å². The minimum Gasteiger partial charge on any atom is -0.423 e. The fourth-order valence-corrected chi connectivity index (χ4v) is 3.41. The number of hydrogen-bond donors (Lipinski definition) is 2. The zero-order chi connectivity index (χ0) is 17.6. The van der Waals surface area contributed by atoms with Crippen LogP contribution < -0.4 is 11.2 Å². The fraction of sp³-hybridized carbons (Fsp3) is 0.222. The van der Waals surface area contributed by atoms with Gasteiger partial charge in [0, 0.05) is 24.2 Å². The van der Waals surface area contributed by atoms with E-state index < -0.39 is 13.0 Å². The molecular weight excluding hydrogens is 319 g/mol. The zero-order valence-corrected chi connectivity index (χ0v) is 13.6. The second-order valence-electron chi connectivity index (χ2n) is 6.41. The van der Waals surface area contributed by atoms with Gasteiger partial charge in [-0.1, -0.05) is 24.3 Å². The molecule has 2 aliphatic rings. The number of carbonyl (C=O) groups is 2. The Labute approximate surface area is 145 Å². The SMILES string of the molecule is NC(=O)c1ccc2c(c1)C(=O)N(Cc1ccc3c(c1)B(O)OC3)CC2. The van der Waals surface area contributed by atoms with Crippen molar-refractivity contribution in [2.24, 2.45) is 5.73 Å². The summed E-state index contributed by atoms with van der Waals surface area (Å²) in [5, 5.41) is 9.83. The largest absolute Gasteiger partial charge is 0.491 e. The summed E-state index contributed by atoms with van der Waals surface area (Å²) in [5.74, 6) is -0.651. The number of benzene rings is 2. The minimum atomic E-state index is -0.897. The smallest absolute Gasteiger partial charge is 0.423 e. The van der Waals surface area contributed by atoms with Gasteiger partial charge in [-0.05, 0) is 40.7 Å². The van der Waals surface area contributed by atoms with Crippen LogP contribution in [0.15, 0.2) is 36.4 Å². The first-order valence-electron chi connectivity index (χ1n) is 8.16. The van der Waals surface area contributed by atoms with Crippen LogP contribution in [0.4, 0.5) is 0 Å². The van der Waals surface area contributed by atoms with Gasteiger partial charge in [0.1, 0.15) is 0 Å². The molecule has 0 unspecified atom stereocenters. The van der Waals surface area contributed by atoms with E-state index in [-0.39, 0.29) is 5.91 Å². The average Bonchev–Trinajstić information content (AvgIpc) is 2.98. The van der Waals surface area contributed by atoms with Gasteiger partial charge in [-0.2, -0.15) is 0 Å². The number of amides is 2. The van der Waals surface area contributed by atoms with E-state index in [0.29, 0.717) is 30.8 Å². The molecule has 126 valence electrons. The van der Waals surface area contributed by atoms with Gasteiger partial charge < -0.3 is 20.3 Å². The van der Waals surface area contributed by atoms with Crippen LogP contribution in [0.2, 0.25) is 0 Å². The van der Waals surface area contributed by atoms with Crippen LogP contribution in [0, 0.1) is 0 Å². The Kier molecular flexibility index (Phi) is 3.82. The Morgan fingerprint density at radius 2 is 2.04 bits per heavy atom. The van der Waals surface area contributed by atoms with Crippen molar-refractivity contribution >= 4 is 24.4 Å². The summed E-state index contributed by atoms with van der Waals surface area (Å²) in [5.41, 5.74) is 9.79. The Hall–Kier alpha value is -2.64. The molecule has 2 aromatic carbocycles. The van der Waals surface area contributed by atoms with Crippen LogP contribution in [0.3, 0.4) is 0 Å². The molecule has 7 heteroatoms. The summed E-state index contributed by atoms with van der Waals surface area (Å²) in [6.45, 7) is 1.46. The molecule has 2 aliphatic heterocycles. The second kappa shape index (κ2) is 6.02. The number of carbonyl (C=O) groups excluding carboxylic acids is 2. The summed E-state index contributed by atoms with van der Waals surface area (Å²) in [6, 6.07) is 10.8. The van der Waals surface area contributed by atoms with E-state index in [2.05, 4.69) is 0 Å². The lowest BCUT2D eigenvalue weighted by Gasteiger charge is -2.29. The quantitative estimate of drug-likeness (QED) is 0.784. The van der Waals surface area contributed by atoms with Crippen molar-refractivity contribution in [3.8, 4) is 0 Å². The highest BCUT2D eigenvalue weighted by molar-refractivity contribution is 6.61. The van der Waals surface area contributed by atoms with Gasteiger partial charge in [0.15, 0.2) is 0 Å². The van der Waals surface area contributed by atoms with Gasteiger partial charge >= 0.3 is 7.12 Å². The van der Waals surface area contributed by atoms with E-state index >= 15 is 0 Å². The maximum atomic E-state index is 12.8. The first kappa shape index (κ1) is 15.9. The molecule has 6 nitrogen and oxygen atoms in total. The van der Waals surface area contributed by atoms with E-state index in [1.54, 1.807) is 23.1 Å². The minimum absolute atomic E-state index is 0.110. The average molecular weight is 336 g/mol. The number of nitrogens with two attached hydrogens (primary N) is 1. The van der Waals surface area contributed by atoms with Crippen LogP contribution in [0.25, 0.3) is 0 Å². The van der Waals surface area contributed by atoms with E-state index in [9.17, 15) is 14.6 Å². The third-order valence-electron chi connectivity index (χ3n) is 4.81. The summed E-state index contributed by atoms with van der Waals surface area (Å²) in [6.07, 6.45) is 0.733. The maximum absolute atomic E-state index is 12.8. The van der Waals surface area contributed by atoms with E-state index in [1.165, 1.54) is 0 Å². The van der Waals surface area contributed by atoms with Gasteiger partial charge in [0.05, 0.1) is 6.61 Å². The standard InChI is InChI=1S/C18H17BN2O4/c20-17(22)13-4-3-12-5-6-21(18(23)15(12)8-13)9-11-1-2-14-10-25-19(24)16(14)7-11/h1-4,7-8,24H,5-6,9-10H2,(H2,20,22). The number of nitrogens with zero attached hydrogens (tertiary/aromatic N) is 1.